The summed E-state index contributed by atoms with van der Waals surface area (Å²) in [5.74, 6) is -0.0289. The number of phenolic OH excluding ortho intramolecular Hbond substituents is 1. The van der Waals surface area contributed by atoms with E-state index in [4.69, 9.17) is 5.11 Å². The minimum atomic E-state index is -0.284. The van der Waals surface area contributed by atoms with E-state index in [0.29, 0.717) is 5.56 Å². The van der Waals surface area contributed by atoms with E-state index in [-0.39, 0.29) is 30.2 Å². The lowest BCUT2D eigenvalue weighted by Gasteiger charge is -2.20. The maximum Gasteiger partial charge on any atom is 0.251 e. The largest absolute Gasteiger partial charge is 0.508 e. The van der Waals surface area contributed by atoms with Crippen LogP contribution in [0, 0.1) is 12.8 Å². The third kappa shape index (κ3) is 3.46. The molecule has 0 saturated heterocycles. The van der Waals surface area contributed by atoms with Gasteiger partial charge in [-0.3, -0.25) is 4.79 Å². The smallest absolute Gasteiger partial charge is 0.251 e. The summed E-state index contributed by atoms with van der Waals surface area (Å²) in [5, 5.41) is 21.4. The standard InChI is InChI=1S/C13H19NO3/c1-8(2)11(7-15)14-13(17)10-5-4-9(3)12(16)6-10/h4-6,8,11,15-16H,7H2,1-3H3,(H,14,17)/t11-/m1/s1. The Morgan fingerprint density at radius 3 is 2.53 bits per heavy atom. The highest BCUT2D eigenvalue weighted by Gasteiger charge is 2.16. The topological polar surface area (TPSA) is 69.6 Å². The maximum atomic E-state index is 11.8. The molecule has 0 saturated carbocycles. The number of benzene rings is 1. The first-order valence-corrected chi connectivity index (χ1v) is 5.67. The van der Waals surface area contributed by atoms with Crippen molar-refractivity contribution in [3.63, 3.8) is 0 Å². The lowest BCUT2D eigenvalue weighted by atomic mass is 10.0. The van der Waals surface area contributed by atoms with Crippen LogP contribution in [0.1, 0.15) is 29.8 Å². The highest BCUT2D eigenvalue weighted by atomic mass is 16.3. The molecule has 0 aliphatic rings. The molecule has 0 spiro atoms. The number of aliphatic hydroxyl groups is 1. The minimum Gasteiger partial charge on any atom is -0.508 e. The third-order valence-corrected chi connectivity index (χ3v) is 2.79. The minimum absolute atomic E-state index is 0.0960. The van der Waals surface area contributed by atoms with Gasteiger partial charge in [-0.25, -0.2) is 0 Å². The summed E-state index contributed by atoms with van der Waals surface area (Å²) in [6, 6.07) is 4.50. The van der Waals surface area contributed by atoms with Crippen LogP contribution < -0.4 is 5.32 Å². The van der Waals surface area contributed by atoms with E-state index in [1.807, 2.05) is 13.8 Å². The van der Waals surface area contributed by atoms with Gasteiger partial charge in [-0.1, -0.05) is 19.9 Å². The fourth-order valence-corrected chi connectivity index (χ4v) is 1.43. The van der Waals surface area contributed by atoms with Crippen molar-refractivity contribution in [2.75, 3.05) is 6.61 Å². The van der Waals surface area contributed by atoms with Gasteiger partial charge in [0, 0.05) is 5.56 Å². The number of hydrogen-bond donors (Lipinski definition) is 3. The average Bonchev–Trinajstić information content (AvgIpc) is 2.28. The molecule has 0 aliphatic carbocycles. The van der Waals surface area contributed by atoms with Crippen molar-refractivity contribution in [1.82, 2.24) is 5.32 Å². The number of amides is 1. The Balaban J connectivity index is 2.79. The zero-order valence-electron chi connectivity index (χ0n) is 10.4. The van der Waals surface area contributed by atoms with Crippen LogP contribution in [0.5, 0.6) is 5.75 Å². The second kappa shape index (κ2) is 5.68. The molecular formula is C13H19NO3. The molecule has 1 amide bonds. The van der Waals surface area contributed by atoms with Crippen molar-refractivity contribution in [2.45, 2.75) is 26.8 Å². The van der Waals surface area contributed by atoms with Gasteiger partial charge in [-0.2, -0.15) is 0 Å². The molecule has 17 heavy (non-hydrogen) atoms. The maximum absolute atomic E-state index is 11.8. The summed E-state index contributed by atoms with van der Waals surface area (Å²) in [7, 11) is 0. The second-order valence-corrected chi connectivity index (χ2v) is 4.51. The average molecular weight is 237 g/mol. The zero-order chi connectivity index (χ0) is 13.0. The van der Waals surface area contributed by atoms with Crippen LogP contribution in [0.4, 0.5) is 0 Å². The molecule has 0 heterocycles. The van der Waals surface area contributed by atoms with E-state index in [2.05, 4.69) is 5.32 Å². The summed E-state index contributed by atoms with van der Waals surface area (Å²) in [5.41, 5.74) is 1.12. The fourth-order valence-electron chi connectivity index (χ4n) is 1.43. The molecule has 0 aromatic heterocycles. The SMILES string of the molecule is Cc1ccc(C(=O)N[C@H](CO)C(C)C)cc1O. The van der Waals surface area contributed by atoms with Gasteiger partial charge >= 0.3 is 0 Å². The zero-order valence-corrected chi connectivity index (χ0v) is 10.4. The number of carbonyl (C=O) groups is 1. The molecule has 1 rings (SSSR count). The fraction of sp³-hybridized carbons (Fsp3) is 0.462. The number of carbonyl (C=O) groups excluding carboxylic acids is 1. The van der Waals surface area contributed by atoms with Crippen molar-refractivity contribution in [2.24, 2.45) is 5.92 Å². The Bertz CT molecular complexity index is 402. The molecule has 0 bridgehead atoms. The van der Waals surface area contributed by atoms with Gasteiger partial charge in [-0.05, 0) is 30.5 Å². The van der Waals surface area contributed by atoms with E-state index in [9.17, 15) is 9.90 Å². The van der Waals surface area contributed by atoms with Gasteiger partial charge in [0.1, 0.15) is 5.75 Å². The van der Waals surface area contributed by atoms with Crippen molar-refractivity contribution >= 4 is 5.91 Å². The number of rotatable bonds is 4. The summed E-state index contributed by atoms with van der Waals surface area (Å²) in [6.07, 6.45) is 0. The van der Waals surface area contributed by atoms with E-state index < -0.39 is 0 Å². The quantitative estimate of drug-likeness (QED) is 0.742. The molecule has 1 aromatic carbocycles. The molecule has 3 N–H and O–H groups in total. The summed E-state index contributed by atoms with van der Waals surface area (Å²) < 4.78 is 0. The number of hydrogen-bond acceptors (Lipinski definition) is 3. The van der Waals surface area contributed by atoms with Crippen LogP contribution in [0.15, 0.2) is 18.2 Å². The van der Waals surface area contributed by atoms with Crippen molar-refractivity contribution in [1.29, 1.82) is 0 Å². The van der Waals surface area contributed by atoms with E-state index >= 15 is 0 Å². The lowest BCUT2D eigenvalue weighted by Crippen LogP contribution is -2.41. The molecule has 0 fully saturated rings. The van der Waals surface area contributed by atoms with Crippen LogP contribution in [0.25, 0.3) is 0 Å². The molecule has 0 radical (unpaired) electrons. The number of phenols is 1. The Hall–Kier alpha value is -1.55. The molecule has 4 heteroatoms. The Kier molecular flexibility index (Phi) is 4.52. The monoisotopic (exact) mass is 237 g/mol. The van der Waals surface area contributed by atoms with Gasteiger partial charge < -0.3 is 15.5 Å². The van der Waals surface area contributed by atoms with Gasteiger partial charge in [0.25, 0.3) is 5.91 Å². The van der Waals surface area contributed by atoms with Gasteiger partial charge in [0.05, 0.1) is 12.6 Å². The first-order chi connectivity index (χ1) is 7.95. The molecule has 0 aliphatic heterocycles. The second-order valence-electron chi connectivity index (χ2n) is 4.51. The number of aliphatic hydroxyl groups excluding tert-OH is 1. The Morgan fingerprint density at radius 1 is 1.41 bits per heavy atom. The highest BCUT2D eigenvalue weighted by Crippen LogP contribution is 2.17. The lowest BCUT2D eigenvalue weighted by molar-refractivity contribution is 0.0896. The van der Waals surface area contributed by atoms with Gasteiger partial charge in [0.2, 0.25) is 0 Å². The van der Waals surface area contributed by atoms with Crippen LogP contribution >= 0.6 is 0 Å². The van der Waals surface area contributed by atoms with Crippen molar-refractivity contribution in [3.8, 4) is 5.75 Å². The molecule has 1 aromatic rings. The summed E-state index contributed by atoms with van der Waals surface area (Å²) >= 11 is 0. The van der Waals surface area contributed by atoms with E-state index in [0.717, 1.165) is 5.56 Å². The van der Waals surface area contributed by atoms with Crippen LogP contribution in [0.3, 0.4) is 0 Å². The van der Waals surface area contributed by atoms with Crippen molar-refractivity contribution in [3.05, 3.63) is 29.3 Å². The van der Waals surface area contributed by atoms with E-state index in [1.165, 1.54) is 6.07 Å². The van der Waals surface area contributed by atoms with Crippen LogP contribution in [-0.4, -0.2) is 28.8 Å². The van der Waals surface area contributed by atoms with Gasteiger partial charge in [0.15, 0.2) is 0 Å². The Labute approximate surface area is 101 Å². The third-order valence-electron chi connectivity index (χ3n) is 2.79. The van der Waals surface area contributed by atoms with Crippen LogP contribution in [0.2, 0.25) is 0 Å². The molecule has 1 atom stereocenters. The summed E-state index contributed by atoms with van der Waals surface area (Å²) in [4.78, 5) is 11.8. The molecule has 4 nitrogen and oxygen atoms in total. The predicted molar refractivity (Wildman–Crippen MR) is 66.0 cm³/mol. The molecule has 94 valence electrons. The number of aromatic hydroxyl groups is 1. The van der Waals surface area contributed by atoms with Crippen LogP contribution in [-0.2, 0) is 0 Å². The number of aryl methyl sites for hydroxylation is 1. The van der Waals surface area contributed by atoms with E-state index in [1.54, 1.807) is 19.1 Å². The Morgan fingerprint density at radius 2 is 2.06 bits per heavy atom. The molecule has 0 unspecified atom stereocenters. The summed E-state index contributed by atoms with van der Waals surface area (Å²) in [6.45, 7) is 5.52. The first-order valence-electron chi connectivity index (χ1n) is 5.67. The molecular weight excluding hydrogens is 218 g/mol. The normalized spacial score (nSPS) is 12.5. The van der Waals surface area contributed by atoms with Crippen molar-refractivity contribution < 1.29 is 15.0 Å². The predicted octanol–water partition coefficient (Wildman–Crippen LogP) is 1.45. The highest BCUT2D eigenvalue weighted by molar-refractivity contribution is 5.94. The van der Waals surface area contributed by atoms with Gasteiger partial charge in [-0.15, -0.1) is 0 Å². The number of nitrogens with one attached hydrogen (secondary N) is 1. The first kappa shape index (κ1) is 13.5.